The summed E-state index contributed by atoms with van der Waals surface area (Å²) in [5, 5.41) is 10.6. The molecule has 2 aromatic carbocycles. The Morgan fingerprint density at radius 1 is 1.14 bits per heavy atom. The second kappa shape index (κ2) is 8.39. The summed E-state index contributed by atoms with van der Waals surface area (Å²) in [5.74, 6) is 0.268. The van der Waals surface area contributed by atoms with Crippen molar-refractivity contribution in [2.45, 2.75) is 25.7 Å². The molecule has 3 rings (SSSR count). The van der Waals surface area contributed by atoms with Gasteiger partial charge in [0.1, 0.15) is 6.33 Å². The highest BCUT2D eigenvalue weighted by atomic mass is 32.1. The Balaban J connectivity index is 1.59. The molecule has 0 saturated carbocycles. The molecule has 0 bridgehead atoms. The Bertz CT molecular complexity index is 940. The highest BCUT2D eigenvalue weighted by Gasteiger charge is 2.30. The van der Waals surface area contributed by atoms with Crippen molar-refractivity contribution in [1.29, 1.82) is 0 Å². The highest BCUT2D eigenvalue weighted by Crippen LogP contribution is 2.29. The summed E-state index contributed by atoms with van der Waals surface area (Å²) in [5.41, 5.74) is 0.864. The SMILES string of the molecule is CC(NC(=S)Nc1ncn(Cc2cccc(C(F)(F)F)c2)n1)c1ccccc1. The first kappa shape index (κ1) is 19.8. The van der Waals surface area contributed by atoms with Gasteiger partial charge in [-0.05, 0) is 42.4 Å². The third-order valence-electron chi connectivity index (χ3n) is 4.01. The van der Waals surface area contributed by atoms with Gasteiger partial charge >= 0.3 is 6.18 Å². The minimum atomic E-state index is -4.38. The lowest BCUT2D eigenvalue weighted by molar-refractivity contribution is -0.137. The predicted octanol–water partition coefficient (Wildman–Crippen LogP) is 4.39. The van der Waals surface area contributed by atoms with Gasteiger partial charge in [0.05, 0.1) is 18.2 Å². The number of hydrogen-bond acceptors (Lipinski definition) is 3. The van der Waals surface area contributed by atoms with Crippen LogP contribution in [0.1, 0.15) is 29.7 Å². The number of benzene rings is 2. The van der Waals surface area contributed by atoms with Gasteiger partial charge in [0.15, 0.2) is 5.11 Å². The fourth-order valence-corrected chi connectivity index (χ4v) is 2.89. The molecule has 1 unspecified atom stereocenters. The van der Waals surface area contributed by atoms with Crippen molar-refractivity contribution in [3.63, 3.8) is 0 Å². The number of aromatic nitrogens is 3. The van der Waals surface area contributed by atoms with E-state index in [-0.39, 0.29) is 18.5 Å². The molecule has 0 aliphatic heterocycles. The van der Waals surface area contributed by atoms with Crippen LogP contribution in [-0.2, 0) is 12.7 Å². The van der Waals surface area contributed by atoms with E-state index in [2.05, 4.69) is 20.7 Å². The van der Waals surface area contributed by atoms with Crippen molar-refractivity contribution in [1.82, 2.24) is 20.1 Å². The van der Waals surface area contributed by atoms with E-state index < -0.39 is 11.7 Å². The van der Waals surface area contributed by atoms with Crippen LogP contribution in [0, 0.1) is 0 Å². The topological polar surface area (TPSA) is 54.8 Å². The van der Waals surface area contributed by atoms with Crippen LogP contribution in [-0.4, -0.2) is 19.9 Å². The van der Waals surface area contributed by atoms with Gasteiger partial charge in [-0.1, -0.05) is 42.5 Å². The summed E-state index contributed by atoms with van der Waals surface area (Å²) in [7, 11) is 0. The average Bonchev–Trinajstić information content (AvgIpc) is 3.08. The number of anilines is 1. The quantitative estimate of drug-likeness (QED) is 0.617. The van der Waals surface area contributed by atoms with Crippen LogP contribution in [0.3, 0.4) is 0 Å². The number of thiocarbonyl (C=S) groups is 1. The van der Waals surface area contributed by atoms with E-state index in [9.17, 15) is 13.2 Å². The molecular weight excluding hydrogens is 387 g/mol. The van der Waals surface area contributed by atoms with Crippen LogP contribution in [0.25, 0.3) is 0 Å². The molecule has 0 amide bonds. The van der Waals surface area contributed by atoms with Crippen LogP contribution in [0.15, 0.2) is 60.9 Å². The molecule has 28 heavy (non-hydrogen) atoms. The molecular formula is C19H18F3N5S. The molecule has 0 aliphatic rings. The second-order valence-electron chi connectivity index (χ2n) is 6.19. The second-order valence-corrected chi connectivity index (χ2v) is 6.60. The molecule has 2 N–H and O–H groups in total. The molecule has 0 radical (unpaired) electrons. The van der Waals surface area contributed by atoms with Crippen molar-refractivity contribution >= 4 is 23.3 Å². The molecule has 0 spiro atoms. The lowest BCUT2D eigenvalue weighted by Crippen LogP contribution is -2.31. The van der Waals surface area contributed by atoms with Crippen molar-refractivity contribution in [2.24, 2.45) is 0 Å². The maximum Gasteiger partial charge on any atom is 0.416 e. The Kier molecular flexibility index (Phi) is 5.93. The minimum Gasteiger partial charge on any atom is -0.356 e. The van der Waals surface area contributed by atoms with Gasteiger partial charge in [-0.15, -0.1) is 5.10 Å². The Morgan fingerprint density at radius 3 is 2.61 bits per heavy atom. The maximum absolute atomic E-state index is 12.8. The fraction of sp³-hybridized carbons (Fsp3) is 0.211. The monoisotopic (exact) mass is 405 g/mol. The number of hydrogen-bond donors (Lipinski definition) is 2. The molecule has 3 aromatic rings. The fourth-order valence-electron chi connectivity index (χ4n) is 2.62. The highest BCUT2D eigenvalue weighted by molar-refractivity contribution is 7.80. The van der Waals surface area contributed by atoms with E-state index in [0.29, 0.717) is 10.7 Å². The summed E-state index contributed by atoms with van der Waals surface area (Å²) < 4.78 is 39.9. The zero-order valence-electron chi connectivity index (χ0n) is 14.9. The summed E-state index contributed by atoms with van der Waals surface area (Å²) >= 11 is 5.27. The Hall–Kier alpha value is -2.94. The van der Waals surface area contributed by atoms with Crippen molar-refractivity contribution < 1.29 is 13.2 Å². The number of rotatable bonds is 5. The largest absolute Gasteiger partial charge is 0.416 e. The van der Waals surface area contributed by atoms with E-state index in [1.165, 1.54) is 17.1 Å². The lowest BCUT2D eigenvalue weighted by atomic mass is 10.1. The molecule has 5 nitrogen and oxygen atoms in total. The molecule has 146 valence electrons. The number of nitrogens with one attached hydrogen (secondary N) is 2. The third-order valence-corrected chi connectivity index (χ3v) is 4.23. The summed E-state index contributed by atoms with van der Waals surface area (Å²) in [4.78, 5) is 4.09. The average molecular weight is 405 g/mol. The van der Waals surface area contributed by atoms with Crippen molar-refractivity contribution in [2.75, 3.05) is 5.32 Å². The smallest absolute Gasteiger partial charge is 0.356 e. The summed E-state index contributed by atoms with van der Waals surface area (Å²) in [6, 6.07) is 14.9. The van der Waals surface area contributed by atoms with E-state index in [1.807, 2.05) is 37.3 Å². The Morgan fingerprint density at radius 2 is 1.89 bits per heavy atom. The van der Waals surface area contributed by atoms with E-state index >= 15 is 0 Å². The summed E-state index contributed by atoms with van der Waals surface area (Å²) in [6.45, 7) is 2.14. The molecule has 1 aromatic heterocycles. The first-order valence-corrected chi connectivity index (χ1v) is 8.90. The molecule has 0 aliphatic carbocycles. The van der Waals surface area contributed by atoms with Gasteiger partial charge in [-0.25, -0.2) is 9.67 Å². The van der Waals surface area contributed by atoms with Gasteiger partial charge in [-0.3, -0.25) is 5.32 Å². The molecule has 9 heteroatoms. The molecule has 0 saturated heterocycles. The van der Waals surface area contributed by atoms with Crippen LogP contribution >= 0.6 is 12.2 Å². The summed E-state index contributed by atoms with van der Waals surface area (Å²) in [6.07, 6.45) is -2.94. The number of nitrogens with zero attached hydrogens (tertiary/aromatic N) is 3. The van der Waals surface area contributed by atoms with Crippen molar-refractivity contribution in [3.05, 3.63) is 77.6 Å². The van der Waals surface area contributed by atoms with Gasteiger partial charge in [0.2, 0.25) is 5.95 Å². The molecule has 1 atom stereocenters. The zero-order valence-corrected chi connectivity index (χ0v) is 15.8. The van der Waals surface area contributed by atoms with Crippen LogP contribution in [0.2, 0.25) is 0 Å². The molecule has 0 fully saturated rings. The molecule has 1 heterocycles. The van der Waals surface area contributed by atoms with E-state index in [4.69, 9.17) is 12.2 Å². The Labute approximate surface area is 165 Å². The minimum absolute atomic E-state index is 0.00612. The van der Waals surface area contributed by atoms with Crippen LogP contribution in [0.5, 0.6) is 0 Å². The third kappa shape index (κ3) is 5.29. The van der Waals surface area contributed by atoms with Crippen LogP contribution in [0.4, 0.5) is 19.1 Å². The first-order chi connectivity index (χ1) is 13.3. The lowest BCUT2D eigenvalue weighted by Gasteiger charge is -2.16. The normalized spacial score (nSPS) is 12.4. The predicted molar refractivity (Wildman–Crippen MR) is 105 cm³/mol. The van der Waals surface area contributed by atoms with Gasteiger partial charge in [-0.2, -0.15) is 13.2 Å². The van der Waals surface area contributed by atoms with Crippen molar-refractivity contribution in [3.8, 4) is 0 Å². The maximum atomic E-state index is 12.8. The standard InChI is InChI=1S/C19H18F3N5S/c1-13(15-7-3-2-4-8-15)24-18(28)25-17-23-12-27(26-17)11-14-6-5-9-16(10-14)19(20,21)22/h2-10,12-13H,11H2,1H3,(H2,24,25,26,28). The van der Waals surface area contributed by atoms with Gasteiger partial charge in [0.25, 0.3) is 0 Å². The number of halogens is 3. The van der Waals surface area contributed by atoms with E-state index in [0.717, 1.165) is 17.7 Å². The van der Waals surface area contributed by atoms with Crippen LogP contribution < -0.4 is 10.6 Å². The first-order valence-electron chi connectivity index (χ1n) is 8.49. The van der Waals surface area contributed by atoms with E-state index in [1.54, 1.807) is 6.07 Å². The van der Waals surface area contributed by atoms with Gasteiger partial charge in [0, 0.05) is 0 Å². The zero-order chi connectivity index (χ0) is 20.1. The number of alkyl halides is 3. The van der Waals surface area contributed by atoms with Gasteiger partial charge < -0.3 is 5.32 Å².